The van der Waals surface area contributed by atoms with Gasteiger partial charge in [0.05, 0.1) is 5.54 Å². The first-order valence-electron chi connectivity index (χ1n) is 9.19. The summed E-state index contributed by atoms with van der Waals surface area (Å²) in [7, 11) is 0. The van der Waals surface area contributed by atoms with Gasteiger partial charge in [0.25, 0.3) is 0 Å². The lowest BCUT2D eigenvalue weighted by Crippen LogP contribution is -2.54. The first-order chi connectivity index (χ1) is 11.3. The molecule has 1 aromatic carbocycles. The van der Waals surface area contributed by atoms with Crippen LogP contribution in [0.4, 0.5) is 0 Å². The van der Waals surface area contributed by atoms with Gasteiger partial charge in [-0.15, -0.1) is 0 Å². The molecule has 1 aliphatic rings. The summed E-state index contributed by atoms with van der Waals surface area (Å²) in [6.07, 6.45) is 4.65. The van der Waals surface area contributed by atoms with E-state index in [0.29, 0.717) is 12.3 Å². The maximum Gasteiger partial charge on any atom is 0.223 e. The van der Waals surface area contributed by atoms with Gasteiger partial charge in [0.2, 0.25) is 5.91 Å². The maximum atomic E-state index is 12.7. The molecule has 3 nitrogen and oxygen atoms in total. The van der Waals surface area contributed by atoms with E-state index in [9.17, 15) is 9.59 Å². The van der Waals surface area contributed by atoms with E-state index in [1.807, 2.05) is 37.3 Å². The van der Waals surface area contributed by atoms with E-state index < -0.39 is 5.54 Å². The van der Waals surface area contributed by atoms with Crippen molar-refractivity contribution < 1.29 is 9.59 Å². The molecule has 2 rings (SSSR count). The predicted octanol–water partition coefficient (Wildman–Crippen LogP) is 4.16. The molecule has 24 heavy (non-hydrogen) atoms. The Bertz CT molecular complexity index is 558. The third-order valence-electron chi connectivity index (χ3n) is 5.66. The number of benzene rings is 1. The molecule has 0 saturated heterocycles. The first kappa shape index (κ1) is 18.7. The summed E-state index contributed by atoms with van der Waals surface area (Å²) in [4.78, 5) is 24.9. The van der Waals surface area contributed by atoms with Crippen LogP contribution in [-0.2, 0) is 16.0 Å². The lowest BCUT2D eigenvalue weighted by Gasteiger charge is -2.34. The monoisotopic (exact) mass is 329 g/mol. The van der Waals surface area contributed by atoms with Gasteiger partial charge < -0.3 is 5.32 Å². The van der Waals surface area contributed by atoms with E-state index in [0.717, 1.165) is 37.2 Å². The van der Waals surface area contributed by atoms with Gasteiger partial charge in [0.15, 0.2) is 5.78 Å². The molecule has 0 heterocycles. The van der Waals surface area contributed by atoms with E-state index >= 15 is 0 Å². The van der Waals surface area contributed by atoms with Crippen LogP contribution in [0, 0.1) is 17.8 Å². The standard InChI is InChI=1S/C21H31NO2/c1-15(2)18-10-12-19(13-11-18)20(24)22-21(4,16(3)23)14-17-8-6-5-7-9-17/h5-9,15,18-19H,10-14H2,1-4H3,(H,22,24)/t18?,19?,21-/m1/s1. The van der Waals surface area contributed by atoms with Crippen LogP contribution in [0.15, 0.2) is 30.3 Å². The van der Waals surface area contributed by atoms with Crippen molar-refractivity contribution in [2.75, 3.05) is 0 Å². The highest BCUT2D eigenvalue weighted by molar-refractivity contribution is 5.92. The molecule has 0 radical (unpaired) electrons. The number of hydrogen-bond donors (Lipinski definition) is 1. The lowest BCUT2D eigenvalue weighted by molar-refractivity contribution is -0.133. The molecule has 3 heteroatoms. The first-order valence-corrected chi connectivity index (χ1v) is 9.19. The Balaban J connectivity index is 2.00. The summed E-state index contributed by atoms with van der Waals surface area (Å²) in [6.45, 7) is 7.94. The molecule has 1 fully saturated rings. The minimum Gasteiger partial charge on any atom is -0.343 e. The molecule has 1 aromatic rings. The fourth-order valence-corrected chi connectivity index (χ4v) is 3.68. The number of rotatable bonds is 6. The van der Waals surface area contributed by atoms with Gasteiger partial charge in [-0.05, 0) is 56.9 Å². The van der Waals surface area contributed by atoms with Crippen molar-refractivity contribution in [2.24, 2.45) is 17.8 Å². The van der Waals surface area contributed by atoms with Crippen molar-refractivity contribution in [2.45, 2.75) is 65.3 Å². The van der Waals surface area contributed by atoms with Crippen molar-refractivity contribution >= 4 is 11.7 Å². The average Bonchev–Trinajstić information content (AvgIpc) is 2.55. The minimum atomic E-state index is -0.826. The molecule has 1 atom stereocenters. The Morgan fingerprint density at radius 3 is 2.21 bits per heavy atom. The summed E-state index contributed by atoms with van der Waals surface area (Å²) in [5, 5.41) is 3.07. The molecule has 132 valence electrons. The Kier molecular flexibility index (Phi) is 6.20. The molecule has 0 bridgehead atoms. The maximum absolute atomic E-state index is 12.7. The Hall–Kier alpha value is -1.64. The highest BCUT2D eigenvalue weighted by Gasteiger charge is 2.35. The van der Waals surface area contributed by atoms with Crippen LogP contribution >= 0.6 is 0 Å². The summed E-state index contributed by atoms with van der Waals surface area (Å²) in [6, 6.07) is 9.89. The van der Waals surface area contributed by atoms with Crippen LogP contribution in [0.1, 0.15) is 58.9 Å². The molecule has 1 N–H and O–H groups in total. The second kappa shape index (κ2) is 7.96. The van der Waals surface area contributed by atoms with E-state index in [4.69, 9.17) is 0 Å². The highest BCUT2D eigenvalue weighted by atomic mass is 16.2. The van der Waals surface area contributed by atoms with Crippen molar-refractivity contribution in [1.82, 2.24) is 5.32 Å². The molecule has 0 spiro atoms. The SMILES string of the molecule is CC(=O)[C@@](C)(Cc1ccccc1)NC(=O)C1CCC(C(C)C)CC1. The molecule has 1 saturated carbocycles. The molecule has 0 unspecified atom stereocenters. The highest BCUT2D eigenvalue weighted by Crippen LogP contribution is 2.33. The van der Waals surface area contributed by atoms with Crippen LogP contribution < -0.4 is 5.32 Å². The van der Waals surface area contributed by atoms with Gasteiger partial charge in [0.1, 0.15) is 0 Å². The fraction of sp³-hybridized carbons (Fsp3) is 0.619. The van der Waals surface area contributed by atoms with Gasteiger partial charge in [0, 0.05) is 12.3 Å². The molecular formula is C21H31NO2. The van der Waals surface area contributed by atoms with Crippen molar-refractivity contribution in [3.8, 4) is 0 Å². The normalized spacial score (nSPS) is 23.5. The lowest BCUT2D eigenvalue weighted by atomic mass is 9.76. The average molecular weight is 329 g/mol. The van der Waals surface area contributed by atoms with Gasteiger partial charge in [-0.3, -0.25) is 9.59 Å². The van der Waals surface area contributed by atoms with E-state index in [1.54, 1.807) is 6.92 Å². The van der Waals surface area contributed by atoms with Crippen molar-refractivity contribution in [3.05, 3.63) is 35.9 Å². The van der Waals surface area contributed by atoms with E-state index in [1.165, 1.54) is 0 Å². The van der Waals surface area contributed by atoms with Crippen molar-refractivity contribution in [3.63, 3.8) is 0 Å². The van der Waals surface area contributed by atoms with Gasteiger partial charge in [-0.25, -0.2) is 0 Å². The van der Waals surface area contributed by atoms with Gasteiger partial charge in [-0.2, -0.15) is 0 Å². The third kappa shape index (κ3) is 4.68. The molecule has 0 aliphatic heterocycles. The zero-order valence-electron chi connectivity index (χ0n) is 15.5. The number of ketones is 1. The summed E-state index contributed by atoms with van der Waals surface area (Å²) in [5.74, 6) is 1.53. The number of Topliss-reactive ketones (excluding diaryl/α,β-unsaturated/α-hetero) is 1. The van der Waals surface area contributed by atoms with Crippen LogP contribution in [0.3, 0.4) is 0 Å². The van der Waals surface area contributed by atoms with E-state index in [2.05, 4.69) is 19.2 Å². The second-order valence-electron chi connectivity index (χ2n) is 7.90. The van der Waals surface area contributed by atoms with E-state index in [-0.39, 0.29) is 17.6 Å². The number of nitrogens with one attached hydrogen (secondary N) is 1. The molecule has 1 amide bonds. The third-order valence-corrected chi connectivity index (χ3v) is 5.66. The van der Waals surface area contributed by atoms with Crippen molar-refractivity contribution in [1.29, 1.82) is 0 Å². The topological polar surface area (TPSA) is 46.2 Å². The van der Waals surface area contributed by atoms with Crippen LogP contribution in [0.2, 0.25) is 0 Å². The second-order valence-corrected chi connectivity index (χ2v) is 7.90. The largest absolute Gasteiger partial charge is 0.343 e. The van der Waals surface area contributed by atoms with Crippen LogP contribution in [0.25, 0.3) is 0 Å². The number of carbonyl (C=O) groups is 2. The fourth-order valence-electron chi connectivity index (χ4n) is 3.68. The molecule has 0 aromatic heterocycles. The zero-order chi connectivity index (χ0) is 17.7. The Labute approximate surface area is 146 Å². The van der Waals surface area contributed by atoms with Gasteiger partial charge >= 0.3 is 0 Å². The quantitative estimate of drug-likeness (QED) is 0.852. The van der Waals surface area contributed by atoms with Crippen LogP contribution in [-0.4, -0.2) is 17.2 Å². The minimum absolute atomic E-state index is 0.00979. The number of hydrogen-bond acceptors (Lipinski definition) is 2. The smallest absolute Gasteiger partial charge is 0.223 e. The number of carbonyl (C=O) groups excluding carboxylic acids is 2. The Morgan fingerprint density at radius 1 is 1.12 bits per heavy atom. The molecular weight excluding hydrogens is 298 g/mol. The summed E-state index contributed by atoms with van der Waals surface area (Å²) < 4.78 is 0. The van der Waals surface area contributed by atoms with Crippen LogP contribution in [0.5, 0.6) is 0 Å². The molecule has 1 aliphatic carbocycles. The summed E-state index contributed by atoms with van der Waals surface area (Å²) >= 11 is 0. The number of amides is 1. The Morgan fingerprint density at radius 2 is 1.71 bits per heavy atom. The van der Waals surface area contributed by atoms with Gasteiger partial charge in [-0.1, -0.05) is 44.2 Å². The zero-order valence-corrected chi connectivity index (χ0v) is 15.5. The summed E-state index contributed by atoms with van der Waals surface area (Å²) in [5.41, 5.74) is 0.242. The predicted molar refractivity (Wildman–Crippen MR) is 97.7 cm³/mol.